The van der Waals surface area contributed by atoms with Crippen molar-refractivity contribution in [2.75, 3.05) is 13.1 Å². The molecule has 2 N–H and O–H groups in total. The van der Waals surface area contributed by atoms with Crippen molar-refractivity contribution in [3.8, 4) is 0 Å². The molecule has 1 saturated heterocycles. The van der Waals surface area contributed by atoms with Gasteiger partial charge >= 0.3 is 0 Å². The van der Waals surface area contributed by atoms with E-state index < -0.39 is 0 Å². The van der Waals surface area contributed by atoms with Gasteiger partial charge in [0.25, 0.3) is 5.91 Å². The number of hydrogen-bond donors (Lipinski definition) is 2. The highest BCUT2D eigenvalue weighted by Crippen LogP contribution is 2.19. The van der Waals surface area contributed by atoms with Gasteiger partial charge in [0.05, 0.1) is 12.5 Å². The number of nitrogens with one attached hydrogen (secondary N) is 2. The summed E-state index contributed by atoms with van der Waals surface area (Å²) in [6.07, 6.45) is 6.91. The summed E-state index contributed by atoms with van der Waals surface area (Å²) in [5.41, 5.74) is 0.610. The monoisotopic (exact) mass is 250 g/mol. The van der Waals surface area contributed by atoms with Crippen molar-refractivity contribution < 1.29 is 4.79 Å². The Balaban J connectivity index is 1.87. The maximum Gasteiger partial charge on any atom is 0.269 e. The third-order valence-electron chi connectivity index (χ3n) is 3.78. The molecule has 5 nitrogen and oxygen atoms in total. The van der Waals surface area contributed by atoms with Crippen LogP contribution in [0.15, 0.2) is 12.5 Å². The van der Waals surface area contributed by atoms with Gasteiger partial charge in [-0.3, -0.25) is 4.79 Å². The Kier molecular flexibility index (Phi) is 4.36. The minimum absolute atomic E-state index is 0.0442. The second-order valence-electron chi connectivity index (χ2n) is 4.97. The molecule has 0 spiro atoms. The normalized spacial score (nSPS) is 23.9. The molecule has 2 unspecified atom stereocenters. The lowest BCUT2D eigenvalue weighted by atomic mass is 9.88. The van der Waals surface area contributed by atoms with Gasteiger partial charge in [-0.15, -0.1) is 0 Å². The van der Waals surface area contributed by atoms with Crippen LogP contribution in [0.4, 0.5) is 0 Å². The quantitative estimate of drug-likeness (QED) is 0.835. The molecule has 2 atom stereocenters. The fraction of sp³-hybridized carbons (Fsp3) is 0.692. The predicted molar refractivity (Wildman–Crippen MR) is 70.3 cm³/mol. The van der Waals surface area contributed by atoms with Crippen LogP contribution in [0, 0.1) is 5.92 Å². The van der Waals surface area contributed by atoms with Crippen molar-refractivity contribution in [1.29, 1.82) is 0 Å². The van der Waals surface area contributed by atoms with Gasteiger partial charge in [-0.1, -0.05) is 13.3 Å². The minimum Gasteiger partial charge on any atom is -0.349 e. The fourth-order valence-electron chi connectivity index (χ4n) is 2.62. The smallest absolute Gasteiger partial charge is 0.269 e. The predicted octanol–water partition coefficient (Wildman–Crippen LogP) is 0.928. The first-order chi connectivity index (χ1) is 8.72. The zero-order valence-electron chi connectivity index (χ0n) is 11.1. The molecular formula is C13H22N4O. The van der Waals surface area contributed by atoms with Gasteiger partial charge < -0.3 is 15.2 Å². The lowest BCUT2D eigenvalue weighted by Crippen LogP contribution is -2.48. The van der Waals surface area contributed by atoms with Crippen molar-refractivity contribution in [2.45, 2.75) is 32.2 Å². The van der Waals surface area contributed by atoms with Crippen LogP contribution >= 0.6 is 0 Å². The summed E-state index contributed by atoms with van der Waals surface area (Å²) in [6, 6.07) is 0.404. The van der Waals surface area contributed by atoms with Crippen molar-refractivity contribution in [3.63, 3.8) is 0 Å². The molecule has 1 aliphatic rings. The zero-order valence-corrected chi connectivity index (χ0v) is 11.1. The van der Waals surface area contributed by atoms with E-state index in [1.54, 1.807) is 17.1 Å². The number of aromatic nitrogens is 2. The summed E-state index contributed by atoms with van der Waals surface area (Å²) < 4.78 is 1.74. The molecule has 2 heterocycles. The van der Waals surface area contributed by atoms with E-state index in [9.17, 15) is 4.79 Å². The molecule has 100 valence electrons. The SMILES string of the molecule is CCC1CCCNC1CNC(=O)c1cncn1C. The highest BCUT2D eigenvalue weighted by atomic mass is 16.1. The number of rotatable bonds is 4. The van der Waals surface area contributed by atoms with Crippen molar-refractivity contribution >= 4 is 5.91 Å². The molecule has 2 rings (SSSR count). The Morgan fingerprint density at radius 1 is 1.67 bits per heavy atom. The second kappa shape index (κ2) is 6.00. The van der Waals surface area contributed by atoms with Gasteiger partial charge in [0.1, 0.15) is 5.69 Å². The largest absolute Gasteiger partial charge is 0.349 e. The standard InChI is InChI=1S/C13H22N4O/c1-3-10-5-4-6-15-11(10)7-16-13(18)12-8-14-9-17(12)2/h8-11,15H,3-7H2,1-2H3,(H,16,18). The highest BCUT2D eigenvalue weighted by molar-refractivity contribution is 5.92. The molecule has 0 bridgehead atoms. The first-order valence-electron chi connectivity index (χ1n) is 6.70. The van der Waals surface area contributed by atoms with E-state index in [1.807, 2.05) is 7.05 Å². The van der Waals surface area contributed by atoms with Crippen LogP contribution in [-0.4, -0.2) is 34.6 Å². The van der Waals surface area contributed by atoms with Gasteiger partial charge in [-0.2, -0.15) is 0 Å². The Morgan fingerprint density at radius 2 is 2.50 bits per heavy atom. The first kappa shape index (κ1) is 13.1. The van der Waals surface area contributed by atoms with Crippen molar-refractivity contribution in [2.24, 2.45) is 13.0 Å². The van der Waals surface area contributed by atoms with Gasteiger partial charge in [-0.25, -0.2) is 4.98 Å². The summed E-state index contributed by atoms with van der Waals surface area (Å²) in [6.45, 7) is 3.97. The maximum atomic E-state index is 12.0. The van der Waals surface area contributed by atoms with Crippen LogP contribution in [0.25, 0.3) is 0 Å². The van der Waals surface area contributed by atoms with Gasteiger partial charge in [0, 0.05) is 19.6 Å². The van der Waals surface area contributed by atoms with Crippen LogP contribution in [0.1, 0.15) is 36.7 Å². The minimum atomic E-state index is -0.0442. The summed E-state index contributed by atoms with van der Waals surface area (Å²) in [5, 5.41) is 6.50. The number of imidazole rings is 1. The van der Waals surface area contributed by atoms with Gasteiger partial charge in [-0.05, 0) is 25.3 Å². The van der Waals surface area contributed by atoms with Crippen LogP contribution < -0.4 is 10.6 Å². The molecule has 5 heteroatoms. The molecule has 0 aromatic carbocycles. The lowest BCUT2D eigenvalue weighted by Gasteiger charge is -2.32. The van der Waals surface area contributed by atoms with E-state index in [4.69, 9.17) is 0 Å². The van der Waals surface area contributed by atoms with Crippen LogP contribution in [0.2, 0.25) is 0 Å². The molecule has 0 saturated carbocycles. The molecule has 1 aliphatic heterocycles. The first-order valence-corrected chi connectivity index (χ1v) is 6.70. The highest BCUT2D eigenvalue weighted by Gasteiger charge is 2.23. The Hall–Kier alpha value is -1.36. The third-order valence-corrected chi connectivity index (χ3v) is 3.78. The molecule has 1 aromatic rings. The van der Waals surface area contributed by atoms with Crippen molar-refractivity contribution in [3.05, 3.63) is 18.2 Å². The van der Waals surface area contributed by atoms with E-state index in [0.717, 1.165) is 6.54 Å². The maximum absolute atomic E-state index is 12.0. The molecule has 0 aliphatic carbocycles. The van der Waals surface area contributed by atoms with E-state index >= 15 is 0 Å². The summed E-state index contributed by atoms with van der Waals surface area (Å²) >= 11 is 0. The van der Waals surface area contributed by atoms with Gasteiger partial charge in [0.15, 0.2) is 0 Å². The number of hydrogen-bond acceptors (Lipinski definition) is 3. The summed E-state index contributed by atoms with van der Waals surface area (Å²) in [5.74, 6) is 0.628. The van der Waals surface area contributed by atoms with Crippen LogP contribution in [-0.2, 0) is 7.05 Å². The average molecular weight is 250 g/mol. The van der Waals surface area contributed by atoms with E-state index in [1.165, 1.54) is 19.3 Å². The zero-order chi connectivity index (χ0) is 13.0. The Morgan fingerprint density at radius 3 is 3.17 bits per heavy atom. The topological polar surface area (TPSA) is 58.9 Å². The molecular weight excluding hydrogens is 228 g/mol. The van der Waals surface area contributed by atoms with Crippen molar-refractivity contribution in [1.82, 2.24) is 20.2 Å². The van der Waals surface area contributed by atoms with Crippen LogP contribution in [0.3, 0.4) is 0 Å². The number of aryl methyl sites for hydroxylation is 1. The number of carbonyl (C=O) groups is 1. The molecule has 1 amide bonds. The number of amides is 1. The Bertz CT molecular complexity index is 401. The number of nitrogens with zero attached hydrogens (tertiary/aromatic N) is 2. The van der Waals surface area contributed by atoms with Crippen LogP contribution in [0.5, 0.6) is 0 Å². The van der Waals surface area contributed by atoms with E-state index in [2.05, 4.69) is 22.5 Å². The summed E-state index contributed by atoms with van der Waals surface area (Å²) in [7, 11) is 1.83. The lowest BCUT2D eigenvalue weighted by molar-refractivity contribution is 0.0934. The molecule has 0 radical (unpaired) electrons. The molecule has 18 heavy (non-hydrogen) atoms. The average Bonchev–Trinajstić information content (AvgIpc) is 2.82. The molecule has 1 fully saturated rings. The molecule has 1 aromatic heterocycles. The second-order valence-corrected chi connectivity index (χ2v) is 4.97. The third kappa shape index (κ3) is 2.90. The summed E-state index contributed by atoms with van der Waals surface area (Å²) in [4.78, 5) is 15.9. The number of piperidine rings is 1. The number of carbonyl (C=O) groups excluding carboxylic acids is 1. The van der Waals surface area contributed by atoms with Gasteiger partial charge in [0.2, 0.25) is 0 Å². The van der Waals surface area contributed by atoms with E-state index in [-0.39, 0.29) is 5.91 Å². The Labute approximate surface area is 108 Å². The van der Waals surface area contributed by atoms with E-state index in [0.29, 0.717) is 24.2 Å². The fourth-order valence-corrected chi connectivity index (χ4v) is 2.62.